The second-order valence-electron chi connectivity index (χ2n) is 4.62. The minimum absolute atomic E-state index is 0.398. The van der Waals surface area contributed by atoms with Gasteiger partial charge in [0, 0.05) is 24.4 Å². The number of nitrogens with zero attached hydrogens (tertiary/aromatic N) is 2. The Balaban J connectivity index is 2.47. The molecule has 0 amide bonds. The second kappa shape index (κ2) is 3.80. The van der Waals surface area contributed by atoms with Crippen molar-refractivity contribution in [1.82, 2.24) is 9.97 Å². The van der Waals surface area contributed by atoms with Gasteiger partial charge in [-0.15, -0.1) is 0 Å². The fourth-order valence-electron chi connectivity index (χ4n) is 1.81. The van der Waals surface area contributed by atoms with E-state index in [2.05, 4.69) is 31.1 Å². The molecule has 0 unspecified atom stereocenters. The molecule has 0 aromatic carbocycles. The highest BCUT2D eigenvalue weighted by Crippen LogP contribution is 2.41. The predicted molar refractivity (Wildman–Crippen MR) is 62.4 cm³/mol. The van der Waals surface area contributed by atoms with E-state index in [0.29, 0.717) is 11.8 Å². The van der Waals surface area contributed by atoms with Crippen LogP contribution in [0.1, 0.15) is 55.6 Å². The minimum Gasteiger partial charge on any atom is -0.373 e. The molecular weight excluding hydrogens is 186 g/mol. The van der Waals surface area contributed by atoms with E-state index in [0.717, 1.165) is 11.6 Å². The molecule has 0 atom stereocenters. The van der Waals surface area contributed by atoms with E-state index >= 15 is 0 Å². The monoisotopic (exact) mass is 205 g/mol. The van der Waals surface area contributed by atoms with Gasteiger partial charge in [-0.2, -0.15) is 0 Å². The van der Waals surface area contributed by atoms with Crippen LogP contribution in [-0.4, -0.2) is 17.0 Å². The molecule has 3 heteroatoms. The van der Waals surface area contributed by atoms with Gasteiger partial charge < -0.3 is 5.32 Å². The van der Waals surface area contributed by atoms with Gasteiger partial charge in [-0.1, -0.05) is 13.8 Å². The molecule has 0 radical (unpaired) electrons. The Morgan fingerprint density at radius 3 is 2.40 bits per heavy atom. The average Bonchev–Trinajstić information content (AvgIpc) is 3.01. The average molecular weight is 205 g/mol. The van der Waals surface area contributed by atoms with Gasteiger partial charge >= 0.3 is 0 Å². The van der Waals surface area contributed by atoms with Crippen molar-refractivity contribution in [3.63, 3.8) is 0 Å². The van der Waals surface area contributed by atoms with E-state index < -0.39 is 0 Å². The largest absolute Gasteiger partial charge is 0.373 e. The molecule has 1 heterocycles. The van der Waals surface area contributed by atoms with Crippen molar-refractivity contribution in [2.24, 2.45) is 0 Å². The molecular formula is C12H19N3. The fraction of sp³-hybridized carbons (Fsp3) is 0.667. The molecule has 0 spiro atoms. The van der Waals surface area contributed by atoms with Crippen LogP contribution in [-0.2, 0) is 0 Å². The summed E-state index contributed by atoms with van der Waals surface area (Å²) in [7, 11) is 1.93. The molecule has 1 aromatic rings. The van der Waals surface area contributed by atoms with Crippen LogP contribution < -0.4 is 5.32 Å². The summed E-state index contributed by atoms with van der Waals surface area (Å²) in [4.78, 5) is 9.23. The summed E-state index contributed by atoms with van der Waals surface area (Å²) in [6.07, 6.45) is 2.58. The van der Waals surface area contributed by atoms with Crippen molar-refractivity contribution < 1.29 is 0 Å². The lowest BCUT2D eigenvalue weighted by molar-refractivity contribution is 0.754. The van der Waals surface area contributed by atoms with Crippen LogP contribution in [0.25, 0.3) is 0 Å². The molecule has 0 bridgehead atoms. The topological polar surface area (TPSA) is 37.8 Å². The van der Waals surface area contributed by atoms with Crippen LogP contribution in [0.3, 0.4) is 0 Å². The van der Waals surface area contributed by atoms with E-state index in [9.17, 15) is 0 Å². The molecule has 2 rings (SSSR count). The SMILES string of the molecule is CNc1nc(C(C)C)nc(C2CC2)c1C. The first-order valence-corrected chi connectivity index (χ1v) is 5.69. The summed E-state index contributed by atoms with van der Waals surface area (Å²) in [5.41, 5.74) is 2.49. The van der Waals surface area contributed by atoms with Crippen LogP contribution >= 0.6 is 0 Å². The maximum atomic E-state index is 4.69. The van der Waals surface area contributed by atoms with Gasteiger partial charge in [0.1, 0.15) is 11.6 Å². The molecule has 1 saturated carbocycles. The lowest BCUT2D eigenvalue weighted by atomic mass is 10.1. The summed E-state index contributed by atoms with van der Waals surface area (Å²) in [6, 6.07) is 0. The molecule has 3 nitrogen and oxygen atoms in total. The second-order valence-corrected chi connectivity index (χ2v) is 4.62. The van der Waals surface area contributed by atoms with Crippen molar-refractivity contribution >= 4 is 5.82 Å². The molecule has 1 aliphatic carbocycles. The minimum atomic E-state index is 0.398. The lowest BCUT2D eigenvalue weighted by Gasteiger charge is -2.13. The van der Waals surface area contributed by atoms with Crippen LogP contribution in [0.5, 0.6) is 0 Å². The van der Waals surface area contributed by atoms with Crippen molar-refractivity contribution in [1.29, 1.82) is 0 Å². The highest BCUT2D eigenvalue weighted by molar-refractivity contribution is 5.47. The van der Waals surface area contributed by atoms with E-state index in [-0.39, 0.29) is 0 Å². The van der Waals surface area contributed by atoms with Crippen molar-refractivity contribution in [2.75, 3.05) is 12.4 Å². The zero-order valence-electron chi connectivity index (χ0n) is 9.96. The van der Waals surface area contributed by atoms with Gasteiger partial charge in [0.2, 0.25) is 0 Å². The van der Waals surface area contributed by atoms with Crippen LogP contribution in [0.15, 0.2) is 0 Å². The smallest absolute Gasteiger partial charge is 0.133 e. The Bertz CT molecular complexity index is 367. The molecule has 0 aliphatic heterocycles. The molecule has 15 heavy (non-hydrogen) atoms. The van der Waals surface area contributed by atoms with Crippen molar-refractivity contribution in [3.8, 4) is 0 Å². The summed E-state index contributed by atoms with van der Waals surface area (Å²) in [6.45, 7) is 6.39. The highest BCUT2D eigenvalue weighted by Gasteiger charge is 2.28. The summed E-state index contributed by atoms with van der Waals surface area (Å²) >= 11 is 0. The number of rotatable bonds is 3. The Kier molecular flexibility index (Phi) is 2.63. The predicted octanol–water partition coefficient (Wildman–Crippen LogP) is 2.83. The third-order valence-corrected chi connectivity index (χ3v) is 2.92. The maximum absolute atomic E-state index is 4.69. The first-order chi connectivity index (χ1) is 7.13. The van der Waals surface area contributed by atoms with Crippen molar-refractivity contribution in [2.45, 2.75) is 45.4 Å². The quantitative estimate of drug-likeness (QED) is 0.824. The molecule has 0 saturated heterocycles. The van der Waals surface area contributed by atoms with E-state index in [1.54, 1.807) is 0 Å². The standard InChI is InChI=1S/C12H19N3/c1-7(2)11-14-10(9-5-6-9)8(3)12(13-4)15-11/h7,9H,5-6H2,1-4H3,(H,13,14,15). The van der Waals surface area contributed by atoms with Gasteiger partial charge in [0.25, 0.3) is 0 Å². The maximum Gasteiger partial charge on any atom is 0.133 e. The van der Waals surface area contributed by atoms with Gasteiger partial charge in [0.15, 0.2) is 0 Å². The van der Waals surface area contributed by atoms with Crippen LogP contribution in [0.2, 0.25) is 0 Å². The molecule has 1 aromatic heterocycles. The Hall–Kier alpha value is -1.12. The first-order valence-electron chi connectivity index (χ1n) is 5.69. The highest BCUT2D eigenvalue weighted by atomic mass is 15.0. The zero-order valence-corrected chi connectivity index (χ0v) is 9.96. The summed E-state index contributed by atoms with van der Waals surface area (Å²) < 4.78 is 0. The molecule has 1 fully saturated rings. The first kappa shape index (κ1) is 10.4. The van der Waals surface area contributed by atoms with Gasteiger partial charge in [0.05, 0.1) is 5.69 Å². The van der Waals surface area contributed by atoms with Gasteiger partial charge in [-0.25, -0.2) is 9.97 Å². The van der Waals surface area contributed by atoms with Gasteiger partial charge in [-0.3, -0.25) is 0 Å². The number of aromatic nitrogens is 2. The Morgan fingerprint density at radius 1 is 1.27 bits per heavy atom. The number of hydrogen-bond acceptors (Lipinski definition) is 3. The zero-order chi connectivity index (χ0) is 11.0. The van der Waals surface area contributed by atoms with E-state index in [1.165, 1.54) is 24.1 Å². The van der Waals surface area contributed by atoms with Crippen LogP contribution in [0.4, 0.5) is 5.82 Å². The lowest BCUT2D eigenvalue weighted by Crippen LogP contribution is -2.07. The summed E-state index contributed by atoms with van der Waals surface area (Å²) in [5, 5.41) is 3.16. The number of nitrogens with one attached hydrogen (secondary N) is 1. The summed E-state index contributed by atoms with van der Waals surface area (Å²) in [5.74, 6) is 3.05. The molecule has 1 aliphatic rings. The fourth-order valence-corrected chi connectivity index (χ4v) is 1.81. The van der Waals surface area contributed by atoms with Crippen LogP contribution in [0, 0.1) is 6.92 Å². The molecule has 1 N–H and O–H groups in total. The van der Waals surface area contributed by atoms with E-state index in [4.69, 9.17) is 4.98 Å². The Morgan fingerprint density at radius 2 is 1.93 bits per heavy atom. The number of hydrogen-bond donors (Lipinski definition) is 1. The van der Waals surface area contributed by atoms with Gasteiger partial charge in [-0.05, 0) is 19.8 Å². The molecule has 82 valence electrons. The number of anilines is 1. The van der Waals surface area contributed by atoms with Crippen molar-refractivity contribution in [3.05, 3.63) is 17.1 Å². The van der Waals surface area contributed by atoms with E-state index in [1.807, 2.05) is 7.05 Å². The Labute approximate surface area is 91.3 Å². The third-order valence-electron chi connectivity index (χ3n) is 2.92. The third kappa shape index (κ3) is 1.96. The normalized spacial score (nSPS) is 15.8.